The summed E-state index contributed by atoms with van der Waals surface area (Å²) in [5.41, 5.74) is 0. The quantitative estimate of drug-likeness (QED) is 0.598. The first-order chi connectivity index (χ1) is 8.93. The van der Waals surface area contributed by atoms with Crippen LogP contribution in [0.2, 0.25) is 0 Å². The van der Waals surface area contributed by atoms with Gasteiger partial charge in [-0.05, 0) is 25.2 Å². The van der Waals surface area contributed by atoms with Crippen LogP contribution in [-0.4, -0.2) is 70.1 Å². The smallest absolute Gasteiger partial charge is 0.211 e. The van der Waals surface area contributed by atoms with Gasteiger partial charge in [0, 0.05) is 33.3 Å². The molecule has 1 aliphatic rings. The summed E-state index contributed by atoms with van der Waals surface area (Å²) in [6.45, 7) is 3.01. The highest BCUT2D eigenvalue weighted by molar-refractivity contribution is 7.88. The number of hydrogen-bond donors (Lipinski definition) is 2. The Morgan fingerprint density at radius 1 is 1.53 bits per heavy atom. The molecule has 2 unspecified atom stereocenters. The minimum atomic E-state index is -3.10. The van der Waals surface area contributed by atoms with Gasteiger partial charge in [-0.1, -0.05) is 0 Å². The maximum Gasteiger partial charge on any atom is 0.211 e. The predicted octanol–water partition coefficient (Wildman–Crippen LogP) is -0.355. The van der Waals surface area contributed by atoms with Crippen LogP contribution in [0.15, 0.2) is 0 Å². The predicted molar refractivity (Wildman–Crippen MR) is 74.5 cm³/mol. The van der Waals surface area contributed by atoms with Gasteiger partial charge >= 0.3 is 0 Å². The Hall–Kier alpha value is -0.210. The van der Waals surface area contributed by atoms with Crippen LogP contribution in [0.1, 0.15) is 19.3 Å². The zero-order valence-corrected chi connectivity index (χ0v) is 12.7. The van der Waals surface area contributed by atoms with Crippen LogP contribution in [0.5, 0.6) is 0 Å². The van der Waals surface area contributed by atoms with Crippen molar-refractivity contribution in [2.24, 2.45) is 5.92 Å². The molecule has 0 amide bonds. The number of hydrogen-bond acceptors (Lipinski definition) is 5. The fraction of sp³-hybridized carbons (Fsp3) is 1.00. The zero-order valence-electron chi connectivity index (χ0n) is 11.8. The van der Waals surface area contributed by atoms with Gasteiger partial charge in [-0.3, -0.25) is 0 Å². The highest BCUT2D eigenvalue weighted by Crippen LogP contribution is 2.22. The summed E-state index contributed by atoms with van der Waals surface area (Å²) in [7, 11) is -1.46. The Kier molecular flexibility index (Phi) is 7.23. The third kappa shape index (κ3) is 6.67. The topological polar surface area (TPSA) is 78.9 Å². The SMILES string of the molecule is COCCNCC(O)CC1CCCN(S(C)(=O)=O)C1. The second-order valence-corrected chi connectivity index (χ2v) is 7.20. The number of nitrogens with one attached hydrogen (secondary N) is 1. The molecule has 1 rings (SSSR count). The van der Waals surface area contributed by atoms with E-state index in [0.717, 1.165) is 12.8 Å². The van der Waals surface area contributed by atoms with E-state index in [-0.39, 0.29) is 5.92 Å². The third-order valence-electron chi connectivity index (χ3n) is 3.42. The van der Waals surface area contributed by atoms with Crippen molar-refractivity contribution in [3.63, 3.8) is 0 Å². The molecule has 0 aromatic carbocycles. The summed E-state index contributed by atoms with van der Waals surface area (Å²) in [5.74, 6) is 0.253. The van der Waals surface area contributed by atoms with Crippen molar-refractivity contribution in [1.29, 1.82) is 0 Å². The first kappa shape index (κ1) is 16.8. The van der Waals surface area contributed by atoms with E-state index in [9.17, 15) is 13.5 Å². The molecule has 0 radical (unpaired) electrons. The number of sulfonamides is 1. The molecule has 2 atom stereocenters. The van der Waals surface area contributed by atoms with Crippen molar-refractivity contribution in [2.75, 3.05) is 46.2 Å². The Morgan fingerprint density at radius 2 is 2.26 bits per heavy atom. The fourth-order valence-electron chi connectivity index (χ4n) is 2.43. The van der Waals surface area contributed by atoms with Crippen molar-refractivity contribution in [1.82, 2.24) is 9.62 Å². The maximum absolute atomic E-state index is 11.5. The molecule has 114 valence electrons. The first-order valence-corrected chi connectivity index (χ1v) is 8.61. The Morgan fingerprint density at radius 3 is 2.89 bits per heavy atom. The van der Waals surface area contributed by atoms with Gasteiger partial charge in [0.05, 0.1) is 19.0 Å². The van der Waals surface area contributed by atoms with Gasteiger partial charge in [0.2, 0.25) is 10.0 Å². The van der Waals surface area contributed by atoms with E-state index in [2.05, 4.69) is 5.32 Å². The standard InChI is InChI=1S/C12H26N2O4S/c1-18-7-5-13-9-12(15)8-11-4-3-6-14(10-11)19(2,16)17/h11-13,15H,3-10H2,1-2H3. The molecular formula is C12H26N2O4S. The van der Waals surface area contributed by atoms with Crippen LogP contribution in [0.4, 0.5) is 0 Å². The summed E-state index contributed by atoms with van der Waals surface area (Å²) in [6, 6.07) is 0. The van der Waals surface area contributed by atoms with Crippen molar-refractivity contribution in [3.05, 3.63) is 0 Å². The average molecular weight is 294 g/mol. The van der Waals surface area contributed by atoms with Crippen LogP contribution in [0.25, 0.3) is 0 Å². The van der Waals surface area contributed by atoms with Crippen LogP contribution in [0, 0.1) is 5.92 Å². The number of piperidine rings is 1. The zero-order chi connectivity index (χ0) is 14.3. The Labute approximate surface area is 116 Å². The first-order valence-electron chi connectivity index (χ1n) is 6.76. The van der Waals surface area contributed by atoms with Crippen molar-refractivity contribution in [3.8, 4) is 0 Å². The molecule has 1 heterocycles. The molecule has 6 nitrogen and oxygen atoms in total. The lowest BCUT2D eigenvalue weighted by molar-refractivity contribution is 0.117. The lowest BCUT2D eigenvalue weighted by atomic mass is 9.93. The van der Waals surface area contributed by atoms with Crippen LogP contribution in [0.3, 0.4) is 0 Å². The minimum Gasteiger partial charge on any atom is -0.392 e. The lowest BCUT2D eigenvalue weighted by Gasteiger charge is -2.32. The summed E-state index contributed by atoms with van der Waals surface area (Å²) < 4.78 is 29.4. The highest BCUT2D eigenvalue weighted by Gasteiger charge is 2.27. The van der Waals surface area contributed by atoms with E-state index < -0.39 is 16.1 Å². The van der Waals surface area contributed by atoms with Gasteiger partial charge in [0.25, 0.3) is 0 Å². The van der Waals surface area contributed by atoms with Gasteiger partial charge in [0.15, 0.2) is 0 Å². The Bertz CT molecular complexity index is 348. The summed E-state index contributed by atoms with van der Waals surface area (Å²) in [4.78, 5) is 0. The number of ether oxygens (including phenoxy) is 1. The summed E-state index contributed by atoms with van der Waals surface area (Å²) >= 11 is 0. The normalized spacial score (nSPS) is 23.4. The van der Waals surface area contributed by atoms with Crippen molar-refractivity contribution in [2.45, 2.75) is 25.4 Å². The van der Waals surface area contributed by atoms with Crippen molar-refractivity contribution >= 4 is 10.0 Å². The molecule has 1 fully saturated rings. The molecule has 0 bridgehead atoms. The maximum atomic E-state index is 11.5. The molecule has 7 heteroatoms. The molecule has 0 spiro atoms. The molecule has 0 aliphatic carbocycles. The van der Waals surface area contributed by atoms with E-state index in [4.69, 9.17) is 4.74 Å². The van der Waals surface area contributed by atoms with Crippen LogP contribution >= 0.6 is 0 Å². The Balaban J connectivity index is 2.28. The van der Waals surface area contributed by atoms with E-state index in [1.807, 2.05) is 0 Å². The van der Waals surface area contributed by atoms with E-state index in [1.165, 1.54) is 10.6 Å². The lowest BCUT2D eigenvalue weighted by Crippen LogP contribution is -2.41. The molecular weight excluding hydrogens is 268 g/mol. The number of methoxy groups -OCH3 is 1. The number of nitrogens with zero attached hydrogens (tertiary/aromatic N) is 1. The second-order valence-electron chi connectivity index (χ2n) is 5.22. The minimum absolute atomic E-state index is 0.253. The largest absolute Gasteiger partial charge is 0.392 e. The highest BCUT2D eigenvalue weighted by atomic mass is 32.2. The van der Waals surface area contributed by atoms with Crippen LogP contribution in [-0.2, 0) is 14.8 Å². The van der Waals surface area contributed by atoms with E-state index in [1.54, 1.807) is 7.11 Å². The van der Waals surface area contributed by atoms with Gasteiger partial charge in [0.1, 0.15) is 0 Å². The number of rotatable bonds is 8. The van der Waals surface area contributed by atoms with Crippen molar-refractivity contribution < 1.29 is 18.3 Å². The fourth-order valence-corrected chi connectivity index (χ4v) is 3.37. The molecule has 0 aromatic rings. The molecule has 19 heavy (non-hydrogen) atoms. The second kappa shape index (κ2) is 8.16. The molecule has 0 saturated carbocycles. The van der Waals surface area contributed by atoms with E-state index in [0.29, 0.717) is 39.2 Å². The van der Waals surface area contributed by atoms with Gasteiger partial charge in [-0.15, -0.1) is 0 Å². The molecule has 1 aliphatic heterocycles. The molecule has 0 aromatic heterocycles. The number of aliphatic hydroxyl groups is 1. The third-order valence-corrected chi connectivity index (χ3v) is 4.69. The van der Waals surface area contributed by atoms with E-state index >= 15 is 0 Å². The van der Waals surface area contributed by atoms with Gasteiger partial charge in [-0.25, -0.2) is 12.7 Å². The summed E-state index contributed by atoms with van der Waals surface area (Å²) in [5, 5.41) is 13.0. The molecule has 2 N–H and O–H groups in total. The van der Waals surface area contributed by atoms with Gasteiger partial charge < -0.3 is 15.2 Å². The number of aliphatic hydroxyl groups excluding tert-OH is 1. The summed E-state index contributed by atoms with van der Waals surface area (Å²) in [6.07, 6.45) is 3.33. The molecule has 1 saturated heterocycles. The monoisotopic (exact) mass is 294 g/mol. The average Bonchev–Trinajstić information content (AvgIpc) is 2.34. The van der Waals surface area contributed by atoms with Crippen LogP contribution < -0.4 is 5.32 Å². The van der Waals surface area contributed by atoms with Gasteiger partial charge in [-0.2, -0.15) is 0 Å².